The van der Waals surface area contributed by atoms with Crippen LogP contribution in [0, 0.1) is 11.2 Å². The zero-order valence-corrected chi connectivity index (χ0v) is 16.6. The predicted octanol–water partition coefficient (Wildman–Crippen LogP) is 4.78. The van der Waals surface area contributed by atoms with Gasteiger partial charge in [0.05, 0.1) is 0 Å². The fourth-order valence-electron chi connectivity index (χ4n) is 4.22. The average molecular weight is 409 g/mol. The smallest absolute Gasteiger partial charge is 0.253 e. The first-order chi connectivity index (χ1) is 12.6. The zero-order chi connectivity index (χ0) is 18.1. The van der Waals surface area contributed by atoms with Crippen molar-refractivity contribution < 1.29 is 9.18 Å². The lowest BCUT2D eigenvalue weighted by Gasteiger charge is -2.40. The number of carbonyl (C=O) groups is 1. The SMILES string of the molecule is Cl.O=C(c1ccc(-c2cc(Cl)ccc2F)cc1)N1CCCC2(CCNC2)C1. The number of likely N-dealkylation sites (tertiary alicyclic amines) is 1. The van der Waals surface area contributed by atoms with Crippen LogP contribution in [0.15, 0.2) is 42.5 Å². The molecule has 2 aromatic rings. The lowest BCUT2D eigenvalue weighted by molar-refractivity contribution is 0.0553. The van der Waals surface area contributed by atoms with Gasteiger partial charge in [0.15, 0.2) is 0 Å². The Balaban J connectivity index is 0.00000210. The minimum atomic E-state index is -0.319. The highest BCUT2D eigenvalue weighted by Crippen LogP contribution is 2.36. The number of piperidine rings is 1. The first kappa shape index (κ1) is 20.1. The summed E-state index contributed by atoms with van der Waals surface area (Å²) in [6, 6.07) is 11.6. The van der Waals surface area contributed by atoms with E-state index >= 15 is 0 Å². The second-order valence-electron chi connectivity index (χ2n) is 7.46. The van der Waals surface area contributed by atoms with E-state index in [9.17, 15) is 9.18 Å². The molecule has 3 nitrogen and oxygen atoms in total. The molecule has 0 bridgehead atoms. The summed E-state index contributed by atoms with van der Waals surface area (Å²) in [5, 5.41) is 3.92. The third-order valence-corrected chi connectivity index (χ3v) is 5.89. The molecule has 0 aromatic heterocycles. The fraction of sp³-hybridized carbons (Fsp3) is 0.381. The number of amides is 1. The molecule has 2 aliphatic heterocycles. The summed E-state index contributed by atoms with van der Waals surface area (Å²) in [4.78, 5) is 14.9. The van der Waals surface area contributed by atoms with Crippen molar-refractivity contribution in [1.82, 2.24) is 10.2 Å². The van der Waals surface area contributed by atoms with Gasteiger partial charge in [-0.15, -0.1) is 12.4 Å². The summed E-state index contributed by atoms with van der Waals surface area (Å²) in [7, 11) is 0. The second kappa shape index (κ2) is 8.17. The normalized spacial score (nSPS) is 21.9. The van der Waals surface area contributed by atoms with Gasteiger partial charge in [0.1, 0.15) is 5.82 Å². The van der Waals surface area contributed by atoms with Crippen LogP contribution in [-0.2, 0) is 0 Å². The molecule has 1 atom stereocenters. The standard InChI is InChI=1S/C21H22ClFN2O.ClH/c22-17-6-7-19(23)18(12-17)15-2-4-16(5-3-15)20(26)25-11-1-8-21(14-25)9-10-24-13-21;/h2-7,12,24H,1,8-11,13-14H2;1H. The van der Waals surface area contributed by atoms with Gasteiger partial charge < -0.3 is 10.2 Å². The lowest BCUT2D eigenvalue weighted by Crippen LogP contribution is -2.47. The Labute approximate surface area is 170 Å². The number of benzene rings is 2. The Kier molecular flexibility index (Phi) is 6.09. The van der Waals surface area contributed by atoms with Crippen molar-refractivity contribution in [2.45, 2.75) is 19.3 Å². The van der Waals surface area contributed by atoms with E-state index in [0.717, 1.165) is 44.6 Å². The summed E-state index contributed by atoms with van der Waals surface area (Å²) >= 11 is 5.98. The summed E-state index contributed by atoms with van der Waals surface area (Å²) < 4.78 is 14.0. The number of hydrogen-bond donors (Lipinski definition) is 1. The predicted molar refractivity (Wildman–Crippen MR) is 109 cm³/mol. The molecular weight excluding hydrogens is 386 g/mol. The Morgan fingerprint density at radius 1 is 1.15 bits per heavy atom. The van der Waals surface area contributed by atoms with Crippen molar-refractivity contribution >= 4 is 29.9 Å². The van der Waals surface area contributed by atoms with E-state index in [2.05, 4.69) is 5.32 Å². The van der Waals surface area contributed by atoms with E-state index in [1.807, 2.05) is 4.90 Å². The number of carbonyl (C=O) groups excluding carboxylic acids is 1. The minimum absolute atomic E-state index is 0. The number of hydrogen-bond acceptors (Lipinski definition) is 2. The average Bonchev–Trinajstić information content (AvgIpc) is 3.11. The zero-order valence-electron chi connectivity index (χ0n) is 15.0. The van der Waals surface area contributed by atoms with Crippen LogP contribution in [0.5, 0.6) is 0 Å². The molecule has 2 aromatic carbocycles. The summed E-state index contributed by atoms with van der Waals surface area (Å²) in [5.41, 5.74) is 2.07. The molecule has 2 fully saturated rings. The van der Waals surface area contributed by atoms with E-state index in [0.29, 0.717) is 16.1 Å². The van der Waals surface area contributed by atoms with Gasteiger partial charge >= 0.3 is 0 Å². The van der Waals surface area contributed by atoms with E-state index in [1.165, 1.54) is 18.6 Å². The molecule has 1 N–H and O–H groups in total. The van der Waals surface area contributed by atoms with Crippen LogP contribution in [-0.4, -0.2) is 37.0 Å². The number of nitrogens with one attached hydrogen (secondary N) is 1. The van der Waals surface area contributed by atoms with Crippen LogP contribution in [0.3, 0.4) is 0 Å². The van der Waals surface area contributed by atoms with Crippen LogP contribution in [0.4, 0.5) is 4.39 Å². The maximum absolute atomic E-state index is 14.0. The topological polar surface area (TPSA) is 32.3 Å². The fourth-order valence-corrected chi connectivity index (χ4v) is 4.39. The molecule has 1 unspecified atom stereocenters. The first-order valence-electron chi connectivity index (χ1n) is 9.12. The Morgan fingerprint density at radius 3 is 2.63 bits per heavy atom. The monoisotopic (exact) mass is 408 g/mol. The molecule has 27 heavy (non-hydrogen) atoms. The van der Waals surface area contributed by atoms with Crippen LogP contribution in [0.1, 0.15) is 29.6 Å². The van der Waals surface area contributed by atoms with Crippen molar-refractivity contribution in [3.05, 3.63) is 58.9 Å². The summed E-state index contributed by atoms with van der Waals surface area (Å²) in [5.74, 6) is -0.255. The molecular formula is C21H23Cl2FN2O. The van der Waals surface area contributed by atoms with Crippen LogP contribution >= 0.6 is 24.0 Å². The van der Waals surface area contributed by atoms with Gasteiger partial charge in [-0.05, 0) is 61.7 Å². The molecule has 1 amide bonds. The van der Waals surface area contributed by atoms with Gasteiger partial charge in [0, 0.05) is 41.2 Å². The van der Waals surface area contributed by atoms with Crippen LogP contribution in [0.25, 0.3) is 11.1 Å². The van der Waals surface area contributed by atoms with Crippen molar-refractivity contribution in [3.8, 4) is 11.1 Å². The van der Waals surface area contributed by atoms with Gasteiger partial charge in [-0.2, -0.15) is 0 Å². The molecule has 2 aliphatic rings. The Hall–Kier alpha value is -1.62. The molecule has 6 heteroatoms. The van der Waals surface area contributed by atoms with Crippen molar-refractivity contribution in [2.24, 2.45) is 5.41 Å². The molecule has 0 radical (unpaired) electrons. The van der Waals surface area contributed by atoms with Crippen LogP contribution < -0.4 is 5.32 Å². The Morgan fingerprint density at radius 2 is 1.93 bits per heavy atom. The van der Waals surface area contributed by atoms with Gasteiger partial charge in [-0.1, -0.05) is 23.7 Å². The maximum Gasteiger partial charge on any atom is 0.253 e. The summed E-state index contributed by atoms with van der Waals surface area (Å²) in [6.07, 6.45) is 3.39. The third kappa shape index (κ3) is 4.13. The minimum Gasteiger partial charge on any atom is -0.338 e. The van der Waals surface area contributed by atoms with E-state index in [1.54, 1.807) is 30.3 Å². The highest BCUT2D eigenvalue weighted by Gasteiger charge is 2.39. The number of rotatable bonds is 2. The number of halogens is 3. The summed E-state index contributed by atoms with van der Waals surface area (Å²) in [6.45, 7) is 3.68. The van der Waals surface area contributed by atoms with Crippen LogP contribution in [0.2, 0.25) is 5.02 Å². The van der Waals surface area contributed by atoms with Gasteiger partial charge in [-0.3, -0.25) is 4.79 Å². The molecule has 144 valence electrons. The largest absolute Gasteiger partial charge is 0.338 e. The third-order valence-electron chi connectivity index (χ3n) is 5.65. The number of nitrogens with zero attached hydrogens (tertiary/aromatic N) is 1. The Bertz CT molecular complexity index is 819. The van der Waals surface area contributed by atoms with Crippen molar-refractivity contribution in [2.75, 3.05) is 26.2 Å². The maximum atomic E-state index is 14.0. The highest BCUT2D eigenvalue weighted by atomic mass is 35.5. The van der Waals surface area contributed by atoms with E-state index in [4.69, 9.17) is 11.6 Å². The van der Waals surface area contributed by atoms with Crippen molar-refractivity contribution in [3.63, 3.8) is 0 Å². The molecule has 1 spiro atoms. The van der Waals surface area contributed by atoms with Gasteiger partial charge in [0.25, 0.3) is 5.91 Å². The molecule has 2 saturated heterocycles. The quantitative estimate of drug-likeness (QED) is 0.774. The molecule has 0 saturated carbocycles. The first-order valence-corrected chi connectivity index (χ1v) is 9.50. The molecule has 4 rings (SSSR count). The van der Waals surface area contributed by atoms with E-state index in [-0.39, 0.29) is 29.5 Å². The highest BCUT2D eigenvalue weighted by molar-refractivity contribution is 6.30. The van der Waals surface area contributed by atoms with Gasteiger partial charge in [-0.25, -0.2) is 4.39 Å². The molecule has 2 heterocycles. The second-order valence-corrected chi connectivity index (χ2v) is 7.89. The van der Waals surface area contributed by atoms with Crippen molar-refractivity contribution in [1.29, 1.82) is 0 Å². The van der Waals surface area contributed by atoms with Gasteiger partial charge in [0.2, 0.25) is 0 Å². The lowest BCUT2D eigenvalue weighted by atomic mass is 9.79. The molecule has 0 aliphatic carbocycles. The van der Waals surface area contributed by atoms with E-state index < -0.39 is 0 Å².